The number of carbonyl (C=O) groups is 1. The van der Waals surface area contributed by atoms with Gasteiger partial charge in [-0.1, -0.05) is 17.7 Å². The molecule has 19 heavy (non-hydrogen) atoms. The minimum atomic E-state index is -0.675. The Labute approximate surface area is 117 Å². The number of rotatable bonds is 2. The minimum Gasteiger partial charge on any atom is -0.396 e. The lowest BCUT2D eigenvalue weighted by atomic mass is 10.1. The first-order valence-corrected chi connectivity index (χ1v) is 5.78. The Bertz CT molecular complexity index is 630. The van der Waals surface area contributed by atoms with E-state index in [1.165, 1.54) is 18.2 Å². The molecule has 0 aliphatic rings. The normalized spacial score (nSPS) is 10.3. The minimum absolute atomic E-state index is 0.00847. The SMILES string of the molecule is Nc1c(F)cccc1C(=O)Nc1cc(Cl)nc(Cl)n1. The van der Waals surface area contributed by atoms with E-state index < -0.39 is 11.7 Å². The molecule has 0 aliphatic carbocycles. The molecule has 5 nitrogen and oxygen atoms in total. The zero-order valence-corrected chi connectivity index (χ0v) is 10.8. The summed E-state index contributed by atoms with van der Waals surface area (Å²) in [5.41, 5.74) is 5.22. The van der Waals surface area contributed by atoms with Crippen LogP contribution in [0.15, 0.2) is 24.3 Å². The van der Waals surface area contributed by atoms with Crippen molar-refractivity contribution in [3.05, 3.63) is 46.1 Å². The molecule has 0 saturated heterocycles. The van der Waals surface area contributed by atoms with E-state index in [2.05, 4.69) is 15.3 Å². The highest BCUT2D eigenvalue weighted by Crippen LogP contribution is 2.19. The van der Waals surface area contributed by atoms with Crippen molar-refractivity contribution in [3.63, 3.8) is 0 Å². The molecular formula is C11H7Cl2FN4O. The molecule has 3 N–H and O–H groups in total. The van der Waals surface area contributed by atoms with Gasteiger partial charge in [-0.2, -0.15) is 0 Å². The van der Waals surface area contributed by atoms with Gasteiger partial charge in [-0.25, -0.2) is 14.4 Å². The second kappa shape index (κ2) is 5.38. The van der Waals surface area contributed by atoms with Crippen LogP contribution in [0.4, 0.5) is 15.9 Å². The van der Waals surface area contributed by atoms with Crippen molar-refractivity contribution in [2.75, 3.05) is 11.1 Å². The van der Waals surface area contributed by atoms with Gasteiger partial charge in [0.2, 0.25) is 5.28 Å². The number of hydrogen-bond donors (Lipinski definition) is 2. The van der Waals surface area contributed by atoms with Crippen LogP contribution in [0.3, 0.4) is 0 Å². The smallest absolute Gasteiger partial charge is 0.259 e. The maximum Gasteiger partial charge on any atom is 0.259 e. The number of nitrogens with one attached hydrogen (secondary N) is 1. The summed E-state index contributed by atoms with van der Waals surface area (Å²) in [6, 6.07) is 5.23. The zero-order valence-electron chi connectivity index (χ0n) is 9.32. The zero-order chi connectivity index (χ0) is 14.0. The molecule has 0 atom stereocenters. The van der Waals surface area contributed by atoms with Crippen LogP contribution >= 0.6 is 23.2 Å². The molecule has 98 valence electrons. The average molecular weight is 301 g/mol. The number of nitrogens with zero attached hydrogens (tertiary/aromatic N) is 2. The van der Waals surface area contributed by atoms with Crippen molar-refractivity contribution < 1.29 is 9.18 Å². The van der Waals surface area contributed by atoms with E-state index >= 15 is 0 Å². The monoisotopic (exact) mass is 300 g/mol. The van der Waals surface area contributed by atoms with Gasteiger partial charge in [0.25, 0.3) is 5.91 Å². The molecule has 2 aromatic rings. The van der Waals surface area contributed by atoms with Crippen LogP contribution in [0.2, 0.25) is 10.4 Å². The van der Waals surface area contributed by atoms with Gasteiger partial charge < -0.3 is 11.1 Å². The van der Waals surface area contributed by atoms with Crippen molar-refractivity contribution in [1.82, 2.24) is 9.97 Å². The van der Waals surface area contributed by atoms with E-state index in [1.807, 2.05) is 0 Å². The van der Waals surface area contributed by atoms with Crippen molar-refractivity contribution in [3.8, 4) is 0 Å². The van der Waals surface area contributed by atoms with Crippen LogP contribution in [-0.2, 0) is 0 Å². The fraction of sp³-hybridized carbons (Fsp3) is 0. The largest absolute Gasteiger partial charge is 0.396 e. The lowest BCUT2D eigenvalue weighted by Gasteiger charge is -2.07. The van der Waals surface area contributed by atoms with Crippen LogP contribution in [-0.4, -0.2) is 15.9 Å². The highest BCUT2D eigenvalue weighted by molar-refractivity contribution is 6.32. The van der Waals surface area contributed by atoms with Gasteiger partial charge in [0.15, 0.2) is 0 Å². The number of benzene rings is 1. The van der Waals surface area contributed by atoms with Crippen molar-refractivity contribution in [1.29, 1.82) is 0 Å². The summed E-state index contributed by atoms with van der Waals surface area (Å²) < 4.78 is 13.2. The summed E-state index contributed by atoms with van der Waals surface area (Å²) in [6.07, 6.45) is 0. The molecule has 0 aliphatic heterocycles. The Balaban J connectivity index is 2.28. The molecule has 0 spiro atoms. The quantitative estimate of drug-likeness (QED) is 0.508. The predicted octanol–water partition coefficient (Wildman–Crippen LogP) is 2.76. The molecule has 0 bridgehead atoms. The maximum absolute atomic E-state index is 13.2. The fourth-order valence-corrected chi connectivity index (χ4v) is 1.78. The molecule has 0 fully saturated rings. The Kier molecular flexibility index (Phi) is 3.82. The molecular weight excluding hydrogens is 294 g/mol. The third-order valence-corrected chi connectivity index (χ3v) is 2.57. The van der Waals surface area contributed by atoms with Crippen molar-refractivity contribution >= 4 is 40.6 Å². The molecule has 1 heterocycles. The van der Waals surface area contributed by atoms with Gasteiger partial charge in [0.1, 0.15) is 16.8 Å². The molecule has 8 heteroatoms. The van der Waals surface area contributed by atoms with E-state index in [-0.39, 0.29) is 27.5 Å². The van der Waals surface area contributed by atoms with Gasteiger partial charge in [-0.3, -0.25) is 4.79 Å². The van der Waals surface area contributed by atoms with Crippen LogP contribution in [0, 0.1) is 5.82 Å². The number of aromatic nitrogens is 2. The second-order valence-corrected chi connectivity index (χ2v) is 4.23. The first-order chi connectivity index (χ1) is 8.97. The number of hydrogen-bond acceptors (Lipinski definition) is 4. The first kappa shape index (κ1) is 13.5. The molecule has 0 saturated carbocycles. The maximum atomic E-state index is 13.2. The number of para-hydroxylation sites is 1. The number of nitrogens with two attached hydrogens (primary N) is 1. The molecule has 1 aromatic carbocycles. The Hall–Kier alpha value is -1.92. The lowest BCUT2D eigenvalue weighted by molar-refractivity contribution is 0.102. The van der Waals surface area contributed by atoms with E-state index in [9.17, 15) is 9.18 Å². The Morgan fingerprint density at radius 3 is 2.74 bits per heavy atom. The number of anilines is 2. The standard InChI is InChI=1S/C11H7Cl2FN4O/c12-7-4-8(18-11(13)16-7)17-10(19)5-2-1-3-6(14)9(5)15/h1-4H,15H2,(H,16,17,18,19). The van der Waals surface area contributed by atoms with E-state index in [1.54, 1.807) is 0 Å². The van der Waals surface area contributed by atoms with E-state index in [0.717, 1.165) is 6.07 Å². The summed E-state index contributed by atoms with van der Waals surface area (Å²) in [7, 11) is 0. The Morgan fingerprint density at radius 2 is 2.05 bits per heavy atom. The summed E-state index contributed by atoms with van der Waals surface area (Å²) in [5, 5.41) is 2.36. The molecule has 0 unspecified atom stereocenters. The third-order valence-electron chi connectivity index (χ3n) is 2.21. The van der Waals surface area contributed by atoms with Gasteiger partial charge in [0.05, 0.1) is 11.3 Å². The van der Waals surface area contributed by atoms with Crippen LogP contribution in [0.5, 0.6) is 0 Å². The average Bonchev–Trinajstić information content (AvgIpc) is 2.31. The van der Waals surface area contributed by atoms with Crippen LogP contribution < -0.4 is 11.1 Å². The van der Waals surface area contributed by atoms with Gasteiger partial charge in [-0.15, -0.1) is 0 Å². The summed E-state index contributed by atoms with van der Waals surface area (Å²) >= 11 is 11.3. The van der Waals surface area contributed by atoms with E-state index in [0.29, 0.717) is 0 Å². The van der Waals surface area contributed by atoms with Crippen LogP contribution in [0.25, 0.3) is 0 Å². The van der Waals surface area contributed by atoms with Crippen molar-refractivity contribution in [2.24, 2.45) is 0 Å². The first-order valence-electron chi connectivity index (χ1n) is 5.03. The third kappa shape index (κ3) is 3.10. The van der Waals surface area contributed by atoms with Crippen molar-refractivity contribution in [2.45, 2.75) is 0 Å². The highest BCUT2D eigenvalue weighted by Gasteiger charge is 2.14. The van der Waals surface area contributed by atoms with Gasteiger partial charge in [0, 0.05) is 6.07 Å². The topological polar surface area (TPSA) is 80.9 Å². The molecule has 0 radical (unpaired) electrons. The van der Waals surface area contributed by atoms with Crippen LogP contribution in [0.1, 0.15) is 10.4 Å². The summed E-state index contributed by atoms with van der Waals surface area (Å²) in [4.78, 5) is 19.3. The highest BCUT2D eigenvalue weighted by atomic mass is 35.5. The number of amides is 1. The van der Waals surface area contributed by atoms with Gasteiger partial charge >= 0.3 is 0 Å². The molecule has 2 rings (SSSR count). The second-order valence-electron chi connectivity index (χ2n) is 3.50. The summed E-state index contributed by atoms with van der Waals surface area (Å²) in [6.45, 7) is 0. The fourth-order valence-electron chi connectivity index (χ4n) is 1.37. The summed E-state index contributed by atoms with van der Waals surface area (Å²) in [5.74, 6) is -1.20. The number of nitrogen functional groups attached to an aromatic ring is 1. The Morgan fingerprint density at radius 1 is 1.32 bits per heavy atom. The molecule has 1 aromatic heterocycles. The van der Waals surface area contributed by atoms with Gasteiger partial charge in [-0.05, 0) is 23.7 Å². The number of halogens is 3. The lowest BCUT2D eigenvalue weighted by Crippen LogP contribution is -2.15. The molecule has 1 amide bonds. The predicted molar refractivity (Wildman–Crippen MR) is 70.8 cm³/mol. The van der Waals surface area contributed by atoms with E-state index in [4.69, 9.17) is 28.9 Å². The number of carbonyl (C=O) groups excluding carboxylic acids is 1.